The summed E-state index contributed by atoms with van der Waals surface area (Å²) in [4.78, 5) is 33.5. The SMILES string of the molecule is CNC(=O)c1nnc(NC(=O)C2CC2)cc1Nc1cccc(-c2cnc(C3(O)COC3)cn2)c1OC. The molecule has 4 N–H and O–H groups in total. The van der Waals surface area contributed by atoms with Crippen LogP contribution in [-0.4, -0.2) is 64.5 Å². The van der Waals surface area contributed by atoms with E-state index in [1.807, 2.05) is 6.07 Å². The molecule has 1 aromatic carbocycles. The smallest absolute Gasteiger partial charge is 0.273 e. The van der Waals surface area contributed by atoms with E-state index in [-0.39, 0.29) is 36.6 Å². The van der Waals surface area contributed by atoms with Gasteiger partial charge in [-0.2, -0.15) is 0 Å². The lowest BCUT2D eigenvalue weighted by Gasteiger charge is -2.35. The third kappa shape index (κ3) is 4.55. The average molecular weight is 492 g/mol. The van der Waals surface area contributed by atoms with Gasteiger partial charge in [0.2, 0.25) is 5.91 Å². The molecule has 0 radical (unpaired) electrons. The van der Waals surface area contributed by atoms with Gasteiger partial charge < -0.3 is 30.5 Å². The number of methoxy groups -OCH3 is 1. The number of para-hydroxylation sites is 1. The van der Waals surface area contributed by atoms with Crippen LogP contribution < -0.4 is 20.7 Å². The van der Waals surface area contributed by atoms with Gasteiger partial charge in [-0.25, -0.2) is 0 Å². The van der Waals surface area contributed by atoms with E-state index >= 15 is 0 Å². The fourth-order valence-corrected chi connectivity index (χ4v) is 3.76. The Labute approximate surface area is 206 Å². The van der Waals surface area contributed by atoms with Crippen molar-refractivity contribution < 1.29 is 24.2 Å². The van der Waals surface area contributed by atoms with Crippen molar-refractivity contribution in [2.75, 3.05) is 38.0 Å². The van der Waals surface area contributed by atoms with Crippen molar-refractivity contribution in [1.29, 1.82) is 0 Å². The number of hydrogen-bond donors (Lipinski definition) is 4. The van der Waals surface area contributed by atoms with Gasteiger partial charge in [-0.3, -0.25) is 19.6 Å². The highest BCUT2D eigenvalue weighted by Gasteiger charge is 2.39. The van der Waals surface area contributed by atoms with Gasteiger partial charge >= 0.3 is 0 Å². The first kappa shape index (κ1) is 23.6. The van der Waals surface area contributed by atoms with E-state index in [1.54, 1.807) is 24.4 Å². The maximum Gasteiger partial charge on any atom is 0.273 e. The van der Waals surface area contributed by atoms with E-state index in [4.69, 9.17) is 9.47 Å². The molecule has 12 nitrogen and oxygen atoms in total. The normalized spacial score (nSPS) is 16.0. The minimum atomic E-state index is -1.11. The largest absolute Gasteiger partial charge is 0.494 e. The molecule has 5 rings (SSSR count). The first-order valence-electron chi connectivity index (χ1n) is 11.4. The number of aromatic nitrogens is 4. The number of hydrogen-bond acceptors (Lipinski definition) is 10. The highest BCUT2D eigenvalue weighted by atomic mass is 16.5. The van der Waals surface area contributed by atoms with Gasteiger partial charge in [-0.15, -0.1) is 10.2 Å². The first-order valence-corrected chi connectivity index (χ1v) is 11.4. The summed E-state index contributed by atoms with van der Waals surface area (Å²) < 4.78 is 10.8. The molecule has 1 saturated heterocycles. The minimum Gasteiger partial charge on any atom is -0.494 e. The van der Waals surface area contributed by atoms with Crippen molar-refractivity contribution in [3.63, 3.8) is 0 Å². The summed E-state index contributed by atoms with van der Waals surface area (Å²) in [5.74, 6) is 0.107. The summed E-state index contributed by atoms with van der Waals surface area (Å²) in [5, 5.41) is 26.9. The van der Waals surface area contributed by atoms with Crippen LogP contribution in [0.1, 0.15) is 29.0 Å². The van der Waals surface area contributed by atoms with Gasteiger partial charge in [0, 0.05) is 24.6 Å². The summed E-state index contributed by atoms with van der Waals surface area (Å²) in [7, 11) is 3.01. The zero-order chi connectivity index (χ0) is 25.3. The van der Waals surface area contributed by atoms with Crippen molar-refractivity contribution in [2.45, 2.75) is 18.4 Å². The monoisotopic (exact) mass is 491 g/mol. The number of nitrogens with zero attached hydrogens (tertiary/aromatic N) is 4. The van der Waals surface area contributed by atoms with Crippen LogP contribution in [0.4, 0.5) is 17.2 Å². The van der Waals surface area contributed by atoms with Crippen molar-refractivity contribution in [1.82, 2.24) is 25.5 Å². The summed E-state index contributed by atoms with van der Waals surface area (Å²) in [6.45, 7) is 0.362. The zero-order valence-corrected chi connectivity index (χ0v) is 19.7. The summed E-state index contributed by atoms with van der Waals surface area (Å²) >= 11 is 0. The Morgan fingerprint density at radius 3 is 2.56 bits per heavy atom. The molecule has 186 valence electrons. The minimum absolute atomic E-state index is 0.0105. The van der Waals surface area contributed by atoms with Crippen molar-refractivity contribution in [3.8, 4) is 17.0 Å². The quantitative estimate of drug-likeness (QED) is 0.364. The van der Waals surface area contributed by atoms with E-state index < -0.39 is 11.5 Å². The molecule has 0 unspecified atom stereocenters. The number of carbonyl (C=O) groups is 2. The maximum atomic E-state index is 12.4. The lowest BCUT2D eigenvalue weighted by atomic mass is 9.98. The van der Waals surface area contributed by atoms with E-state index in [9.17, 15) is 14.7 Å². The van der Waals surface area contributed by atoms with Crippen molar-refractivity contribution in [3.05, 3.63) is 48.0 Å². The van der Waals surface area contributed by atoms with Crippen molar-refractivity contribution >= 4 is 29.0 Å². The molecule has 36 heavy (non-hydrogen) atoms. The number of rotatable bonds is 8. The molecule has 0 bridgehead atoms. The molecule has 0 atom stereocenters. The molecule has 1 saturated carbocycles. The van der Waals surface area contributed by atoms with E-state index in [0.717, 1.165) is 12.8 Å². The van der Waals surface area contributed by atoms with E-state index in [2.05, 4.69) is 36.1 Å². The number of ether oxygens (including phenoxy) is 2. The van der Waals surface area contributed by atoms with Gasteiger partial charge in [-0.1, -0.05) is 6.07 Å². The van der Waals surface area contributed by atoms with Gasteiger partial charge in [0.15, 0.2) is 22.9 Å². The molecule has 2 aromatic heterocycles. The molecular formula is C24H25N7O5. The number of amides is 2. The van der Waals surface area contributed by atoms with Gasteiger partial charge in [0.25, 0.3) is 5.91 Å². The molecule has 3 aromatic rings. The van der Waals surface area contributed by atoms with Gasteiger partial charge in [0.05, 0.1) is 55.5 Å². The van der Waals surface area contributed by atoms with Crippen LogP contribution in [0.25, 0.3) is 11.3 Å². The van der Waals surface area contributed by atoms with Crippen LogP contribution >= 0.6 is 0 Å². The molecular weight excluding hydrogens is 466 g/mol. The molecule has 0 spiro atoms. The summed E-state index contributed by atoms with van der Waals surface area (Å²) in [6.07, 6.45) is 4.77. The summed E-state index contributed by atoms with van der Waals surface area (Å²) in [6, 6.07) is 6.95. The number of anilines is 3. The van der Waals surface area contributed by atoms with Crippen LogP contribution in [-0.2, 0) is 15.1 Å². The topological polar surface area (TPSA) is 160 Å². The first-order chi connectivity index (χ1) is 17.4. The van der Waals surface area contributed by atoms with E-state index in [1.165, 1.54) is 20.4 Å². The fraction of sp³-hybridized carbons (Fsp3) is 0.333. The fourth-order valence-electron chi connectivity index (χ4n) is 3.76. The van der Waals surface area contributed by atoms with Gasteiger partial charge in [-0.05, 0) is 25.0 Å². The van der Waals surface area contributed by atoms with Crippen LogP contribution in [0.2, 0.25) is 0 Å². The third-order valence-corrected chi connectivity index (χ3v) is 6.01. The second-order valence-corrected chi connectivity index (χ2v) is 8.66. The Morgan fingerprint density at radius 2 is 1.94 bits per heavy atom. The van der Waals surface area contributed by atoms with Crippen LogP contribution in [0, 0.1) is 5.92 Å². The highest BCUT2D eigenvalue weighted by Crippen LogP contribution is 2.38. The van der Waals surface area contributed by atoms with E-state index in [0.29, 0.717) is 34.1 Å². The predicted molar refractivity (Wildman–Crippen MR) is 129 cm³/mol. The Morgan fingerprint density at radius 1 is 1.14 bits per heavy atom. The molecule has 1 aliphatic heterocycles. The molecule has 2 fully saturated rings. The highest BCUT2D eigenvalue weighted by molar-refractivity contribution is 6.00. The van der Waals surface area contributed by atoms with Crippen LogP contribution in [0.3, 0.4) is 0 Å². The lowest BCUT2D eigenvalue weighted by Crippen LogP contribution is -2.47. The Hall–Kier alpha value is -4.16. The number of carbonyl (C=O) groups excluding carboxylic acids is 2. The Balaban J connectivity index is 1.47. The second kappa shape index (κ2) is 9.47. The maximum absolute atomic E-state index is 12.4. The molecule has 2 aliphatic rings. The molecule has 2 amide bonds. The second-order valence-electron chi connectivity index (χ2n) is 8.66. The number of nitrogens with one attached hydrogen (secondary N) is 3. The average Bonchev–Trinajstić information content (AvgIpc) is 3.73. The Bertz CT molecular complexity index is 1310. The molecule has 3 heterocycles. The summed E-state index contributed by atoms with van der Waals surface area (Å²) in [5.41, 5.74) is 1.41. The van der Waals surface area contributed by atoms with Gasteiger partial charge in [0.1, 0.15) is 0 Å². The predicted octanol–water partition coefficient (Wildman–Crippen LogP) is 1.61. The third-order valence-electron chi connectivity index (χ3n) is 6.01. The lowest BCUT2D eigenvalue weighted by molar-refractivity contribution is -0.187. The molecule has 1 aliphatic carbocycles. The Kier molecular flexibility index (Phi) is 6.20. The zero-order valence-electron chi connectivity index (χ0n) is 19.7. The number of benzene rings is 1. The number of aliphatic hydroxyl groups is 1. The standard InChI is InChI=1S/C24H25N7O5/c1-25-23(33)20-16(8-19(30-31-20)29-22(32)13-6-7-13)28-15-5-3-4-14(21(15)35-2)17-9-27-18(10-26-17)24(34)11-36-12-24/h3-5,8-10,13,34H,6-7,11-12H2,1-2H3,(H,25,33)(H2,28,29,30,32). The molecule has 12 heteroatoms. The van der Waals surface area contributed by atoms with Crippen LogP contribution in [0.5, 0.6) is 5.75 Å². The van der Waals surface area contributed by atoms with Crippen molar-refractivity contribution in [2.24, 2.45) is 5.92 Å². The van der Waals surface area contributed by atoms with Crippen LogP contribution in [0.15, 0.2) is 36.7 Å².